The Bertz CT molecular complexity index is 600. The standard InChI is InChI=1S/C17H18O2/c1-17(2)9-8-14-15(18)10-13(11-16(14)19-17)12-6-4-3-5-7-12/h3-7,10-11,18H,8-9H2,1-2H3. The van der Waals surface area contributed by atoms with Crippen LogP contribution in [0.4, 0.5) is 0 Å². The Balaban J connectivity index is 2.09. The van der Waals surface area contributed by atoms with E-state index in [4.69, 9.17) is 4.74 Å². The molecule has 0 aliphatic carbocycles. The zero-order valence-electron chi connectivity index (χ0n) is 11.3. The maximum Gasteiger partial charge on any atom is 0.127 e. The van der Waals surface area contributed by atoms with E-state index in [0.29, 0.717) is 5.75 Å². The Morgan fingerprint density at radius 2 is 1.79 bits per heavy atom. The van der Waals surface area contributed by atoms with Crippen molar-refractivity contribution in [3.05, 3.63) is 48.0 Å². The molecule has 0 saturated carbocycles. The molecule has 1 heterocycles. The number of hydrogen-bond donors (Lipinski definition) is 1. The zero-order chi connectivity index (χ0) is 13.5. The van der Waals surface area contributed by atoms with Gasteiger partial charge < -0.3 is 9.84 Å². The summed E-state index contributed by atoms with van der Waals surface area (Å²) in [7, 11) is 0. The van der Waals surface area contributed by atoms with Crippen molar-refractivity contribution in [3.63, 3.8) is 0 Å². The molecule has 0 aromatic heterocycles. The Labute approximate surface area is 113 Å². The molecule has 2 aromatic rings. The Morgan fingerprint density at radius 3 is 2.53 bits per heavy atom. The van der Waals surface area contributed by atoms with Crippen LogP contribution in [0.5, 0.6) is 11.5 Å². The Morgan fingerprint density at radius 1 is 1.05 bits per heavy atom. The fourth-order valence-corrected chi connectivity index (χ4v) is 2.54. The second-order valence-corrected chi connectivity index (χ2v) is 5.70. The molecule has 19 heavy (non-hydrogen) atoms. The SMILES string of the molecule is CC1(C)CCc2c(O)cc(-c3ccccc3)cc2O1. The van der Waals surface area contributed by atoms with Gasteiger partial charge in [0.2, 0.25) is 0 Å². The number of benzene rings is 2. The van der Waals surface area contributed by atoms with E-state index in [1.165, 1.54) is 0 Å². The largest absolute Gasteiger partial charge is 0.508 e. The van der Waals surface area contributed by atoms with Gasteiger partial charge in [0.15, 0.2) is 0 Å². The average Bonchev–Trinajstić information content (AvgIpc) is 2.38. The van der Waals surface area contributed by atoms with Crippen molar-refractivity contribution in [2.45, 2.75) is 32.3 Å². The summed E-state index contributed by atoms with van der Waals surface area (Å²) in [5.74, 6) is 1.15. The number of rotatable bonds is 1. The number of ether oxygens (including phenoxy) is 1. The van der Waals surface area contributed by atoms with Crippen LogP contribution < -0.4 is 4.74 Å². The van der Waals surface area contributed by atoms with Gasteiger partial charge in [-0.15, -0.1) is 0 Å². The molecule has 0 unspecified atom stereocenters. The van der Waals surface area contributed by atoms with Crippen molar-refractivity contribution in [1.29, 1.82) is 0 Å². The second kappa shape index (κ2) is 4.30. The van der Waals surface area contributed by atoms with Gasteiger partial charge in [0, 0.05) is 5.56 Å². The third-order valence-corrected chi connectivity index (χ3v) is 3.66. The lowest BCUT2D eigenvalue weighted by Crippen LogP contribution is -2.32. The first-order valence-corrected chi connectivity index (χ1v) is 6.65. The van der Waals surface area contributed by atoms with Gasteiger partial charge in [0.25, 0.3) is 0 Å². The minimum atomic E-state index is -0.158. The van der Waals surface area contributed by atoms with Gasteiger partial charge in [0.05, 0.1) is 0 Å². The van der Waals surface area contributed by atoms with Crippen LogP contribution in [0.2, 0.25) is 0 Å². The van der Waals surface area contributed by atoms with Gasteiger partial charge in [-0.05, 0) is 49.9 Å². The molecule has 1 N–H and O–H groups in total. The van der Waals surface area contributed by atoms with Crippen LogP contribution in [0.25, 0.3) is 11.1 Å². The summed E-state index contributed by atoms with van der Waals surface area (Å²) in [6.07, 6.45) is 1.79. The fourth-order valence-electron chi connectivity index (χ4n) is 2.54. The first-order valence-electron chi connectivity index (χ1n) is 6.65. The van der Waals surface area contributed by atoms with Gasteiger partial charge in [-0.2, -0.15) is 0 Å². The van der Waals surface area contributed by atoms with E-state index >= 15 is 0 Å². The number of fused-ring (bicyclic) bond motifs is 1. The molecule has 0 amide bonds. The van der Waals surface area contributed by atoms with Gasteiger partial charge in [-0.3, -0.25) is 0 Å². The van der Waals surface area contributed by atoms with E-state index in [0.717, 1.165) is 35.3 Å². The third kappa shape index (κ3) is 2.30. The molecular formula is C17H18O2. The highest BCUT2D eigenvalue weighted by molar-refractivity contribution is 5.69. The highest BCUT2D eigenvalue weighted by atomic mass is 16.5. The van der Waals surface area contributed by atoms with Crippen molar-refractivity contribution < 1.29 is 9.84 Å². The van der Waals surface area contributed by atoms with Crippen molar-refractivity contribution in [1.82, 2.24) is 0 Å². The van der Waals surface area contributed by atoms with Crippen LogP contribution in [0.3, 0.4) is 0 Å². The minimum absolute atomic E-state index is 0.158. The van der Waals surface area contributed by atoms with Crippen LogP contribution in [0.1, 0.15) is 25.8 Å². The lowest BCUT2D eigenvalue weighted by Gasteiger charge is -2.33. The monoisotopic (exact) mass is 254 g/mol. The highest BCUT2D eigenvalue weighted by Gasteiger charge is 2.28. The Hall–Kier alpha value is -1.96. The summed E-state index contributed by atoms with van der Waals surface area (Å²) >= 11 is 0. The zero-order valence-corrected chi connectivity index (χ0v) is 11.3. The molecule has 0 saturated heterocycles. The number of phenols is 1. The van der Waals surface area contributed by atoms with E-state index in [1.807, 2.05) is 42.5 Å². The predicted molar refractivity (Wildman–Crippen MR) is 76.6 cm³/mol. The van der Waals surface area contributed by atoms with E-state index in [1.54, 1.807) is 0 Å². The molecule has 2 nitrogen and oxygen atoms in total. The van der Waals surface area contributed by atoms with Gasteiger partial charge >= 0.3 is 0 Å². The molecule has 0 spiro atoms. The van der Waals surface area contributed by atoms with Crippen molar-refractivity contribution in [2.24, 2.45) is 0 Å². The molecule has 0 radical (unpaired) electrons. The minimum Gasteiger partial charge on any atom is -0.508 e. The predicted octanol–water partition coefficient (Wildman–Crippen LogP) is 4.16. The lowest BCUT2D eigenvalue weighted by molar-refractivity contribution is 0.0838. The smallest absolute Gasteiger partial charge is 0.127 e. The second-order valence-electron chi connectivity index (χ2n) is 5.70. The maximum atomic E-state index is 10.2. The van der Waals surface area contributed by atoms with Crippen LogP contribution in [-0.4, -0.2) is 10.7 Å². The average molecular weight is 254 g/mol. The summed E-state index contributed by atoms with van der Waals surface area (Å²) in [4.78, 5) is 0. The fraction of sp³-hybridized carbons (Fsp3) is 0.294. The first-order chi connectivity index (χ1) is 9.05. The molecule has 1 aliphatic heterocycles. The molecule has 98 valence electrons. The van der Waals surface area contributed by atoms with E-state index in [9.17, 15) is 5.11 Å². The summed E-state index contributed by atoms with van der Waals surface area (Å²) in [5, 5.41) is 10.2. The van der Waals surface area contributed by atoms with Crippen LogP contribution in [-0.2, 0) is 6.42 Å². The number of aromatic hydroxyl groups is 1. The molecule has 1 aliphatic rings. The topological polar surface area (TPSA) is 29.5 Å². The van der Waals surface area contributed by atoms with E-state index in [-0.39, 0.29) is 5.60 Å². The van der Waals surface area contributed by atoms with Crippen molar-refractivity contribution in [3.8, 4) is 22.6 Å². The summed E-state index contributed by atoms with van der Waals surface area (Å²) in [5.41, 5.74) is 2.86. The van der Waals surface area contributed by atoms with Gasteiger partial charge in [-0.25, -0.2) is 0 Å². The maximum absolute atomic E-state index is 10.2. The highest BCUT2D eigenvalue weighted by Crippen LogP contribution is 2.41. The van der Waals surface area contributed by atoms with E-state index < -0.39 is 0 Å². The molecular weight excluding hydrogens is 236 g/mol. The van der Waals surface area contributed by atoms with Gasteiger partial charge in [0.1, 0.15) is 17.1 Å². The third-order valence-electron chi connectivity index (χ3n) is 3.66. The van der Waals surface area contributed by atoms with Crippen LogP contribution >= 0.6 is 0 Å². The summed E-state index contributed by atoms with van der Waals surface area (Å²) in [6, 6.07) is 13.9. The number of hydrogen-bond acceptors (Lipinski definition) is 2. The number of phenolic OH excluding ortho intramolecular Hbond substituents is 1. The van der Waals surface area contributed by atoms with Gasteiger partial charge in [-0.1, -0.05) is 30.3 Å². The molecule has 0 bridgehead atoms. The summed E-state index contributed by atoms with van der Waals surface area (Å²) < 4.78 is 6.00. The lowest BCUT2D eigenvalue weighted by atomic mass is 9.92. The van der Waals surface area contributed by atoms with Crippen molar-refractivity contribution >= 4 is 0 Å². The Kier molecular flexibility index (Phi) is 2.74. The van der Waals surface area contributed by atoms with Crippen LogP contribution in [0.15, 0.2) is 42.5 Å². The molecule has 0 fully saturated rings. The quantitative estimate of drug-likeness (QED) is 0.828. The first kappa shape index (κ1) is 12.1. The van der Waals surface area contributed by atoms with Crippen molar-refractivity contribution in [2.75, 3.05) is 0 Å². The van der Waals surface area contributed by atoms with E-state index in [2.05, 4.69) is 13.8 Å². The van der Waals surface area contributed by atoms with Crippen LogP contribution in [0, 0.1) is 0 Å². The summed E-state index contributed by atoms with van der Waals surface area (Å²) in [6.45, 7) is 4.17. The molecule has 2 aromatic carbocycles. The molecule has 0 atom stereocenters. The molecule has 2 heteroatoms. The normalized spacial score (nSPS) is 16.5. The molecule has 3 rings (SSSR count).